The fourth-order valence-electron chi connectivity index (χ4n) is 1.56. The Morgan fingerprint density at radius 3 is 2.79 bits per heavy atom. The molecule has 0 aliphatic heterocycles. The van der Waals surface area contributed by atoms with Crippen LogP contribution < -0.4 is 11.3 Å². The lowest BCUT2D eigenvalue weighted by Crippen LogP contribution is -2.27. The Morgan fingerprint density at radius 2 is 2.21 bits per heavy atom. The van der Waals surface area contributed by atoms with Crippen LogP contribution in [0.2, 0.25) is 0 Å². The van der Waals surface area contributed by atoms with E-state index < -0.39 is 0 Å². The maximum absolute atomic E-state index is 12.1. The van der Waals surface area contributed by atoms with Gasteiger partial charge < -0.3 is 10.3 Å². The summed E-state index contributed by atoms with van der Waals surface area (Å²) in [5, 5.41) is 7.57. The molecule has 2 rings (SSSR count). The molecule has 0 saturated carbocycles. The number of pyridine rings is 1. The summed E-state index contributed by atoms with van der Waals surface area (Å²) < 4.78 is 0. The molecule has 7 nitrogen and oxygen atoms in total. The maximum atomic E-state index is 12.1. The molecule has 0 aliphatic rings. The van der Waals surface area contributed by atoms with E-state index in [1.54, 1.807) is 36.5 Å². The van der Waals surface area contributed by atoms with Crippen LogP contribution in [-0.2, 0) is 6.54 Å². The predicted octanol–water partition coefficient (Wildman–Crippen LogP) is 0.429. The van der Waals surface area contributed by atoms with Crippen LogP contribution in [0, 0.1) is 0 Å². The Labute approximate surface area is 110 Å². The summed E-state index contributed by atoms with van der Waals surface area (Å²) in [7, 11) is 1.70. The molecular weight excluding hydrogens is 244 g/mol. The molecule has 1 amide bonds. The number of carbonyl (C=O) groups excluding carboxylic acids is 1. The van der Waals surface area contributed by atoms with E-state index in [0.29, 0.717) is 12.4 Å². The van der Waals surface area contributed by atoms with E-state index in [2.05, 4.69) is 20.6 Å². The minimum absolute atomic E-state index is 0.208. The second-order valence-electron chi connectivity index (χ2n) is 3.97. The molecule has 0 aliphatic carbocycles. The summed E-state index contributed by atoms with van der Waals surface area (Å²) in [5.74, 6) is 5.38. The molecular formula is C12H14N6O. The zero-order valence-electron chi connectivity index (χ0n) is 10.4. The van der Waals surface area contributed by atoms with Gasteiger partial charge in [0.25, 0.3) is 5.91 Å². The summed E-state index contributed by atoms with van der Waals surface area (Å²) in [5.41, 5.74) is 3.57. The Balaban J connectivity index is 2.06. The van der Waals surface area contributed by atoms with Gasteiger partial charge in [-0.25, -0.2) is 5.84 Å². The highest BCUT2D eigenvalue weighted by atomic mass is 16.2. The Morgan fingerprint density at radius 1 is 1.37 bits per heavy atom. The zero-order valence-corrected chi connectivity index (χ0v) is 10.4. The van der Waals surface area contributed by atoms with Crippen LogP contribution in [0.3, 0.4) is 0 Å². The summed E-state index contributed by atoms with van der Waals surface area (Å²) in [6.07, 6.45) is 3.41. The maximum Gasteiger partial charge on any atom is 0.274 e. The van der Waals surface area contributed by atoms with Crippen LogP contribution in [0.1, 0.15) is 16.1 Å². The molecule has 2 heterocycles. The lowest BCUT2D eigenvalue weighted by Gasteiger charge is -2.16. The Hall–Kier alpha value is -2.54. The van der Waals surface area contributed by atoms with Gasteiger partial charge in [-0.1, -0.05) is 6.07 Å². The van der Waals surface area contributed by atoms with Crippen LogP contribution in [0.4, 0.5) is 5.82 Å². The van der Waals surface area contributed by atoms with Crippen LogP contribution in [-0.4, -0.2) is 33.0 Å². The Bertz CT molecular complexity index is 542. The number of aromatic nitrogens is 3. The molecule has 0 bridgehead atoms. The van der Waals surface area contributed by atoms with E-state index in [4.69, 9.17) is 5.84 Å². The van der Waals surface area contributed by atoms with Gasteiger partial charge in [-0.15, -0.1) is 10.2 Å². The van der Waals surface area contributed by atoms with Gasteiger partial charge in [0.15, 0.2) is 11.5 Å². The minimum atomic E-state index is -0.208. The normalized spacial score (nSPS) is 10.0. The van der Waals surface area contributed by atoms with Crippen LogP contribution in [0.25, 0.3) is 0 Å². The number of amides is 1. The van der Waals surface area contributed by atoms with Crippen LogP contribution in [0.15, 0.2) is 36.7 Å². The first-order chi connectivity index (χ1) is 9.20. The van der Waals surface area contributed by atoms with E-state index in [-0.39, 0.29) is 11.6 Å². The van der Waals surface area contributed by atoms with Crippen LogP contribution in [0.5, 0.6) is 0 Å². The first kappa shape index (κ1) is 12.9. The smallest absolute Gasteiger partial charge is 0.274 e. The van der Waals surface area contributed by atoms with Crippen molar-refractivity contribution in [1.82, 2.24) is 20.1 Å². The standard InChI is InChI=1S/C12H14N6O/c1-18(8-9-3-2-6-14-7-9)12(19)10-4-5-11(15-13)17-16-10/h2-7H,8,13H2,1H3,(H,15,17). The highest BCUT2D eigenvalue weighted by Crippen LogP contribution is 2.06. The van der Waals surface area contributed by atoms with E-state index in [9.17, 15) is 4.79 Å². The second kappa shape index (κ2) is 5.87. The van der Waals surface area contributed by atoms with Crippen LogP contribution >= 0.6 is 0 Å². The third kappa shape index (κ3) is 3.23. The average molecular weight is 258 g/mol. The molecule has 0 atom stereocenters. The van der Waals surface area contributed by atoms with Gasteiger partial charge in [-0.2, -0.15) is 0 Å². The zero-order chi connectivity index (χ0) is 13.7. The fraction of sp³-hybridized carbons (Fsp3) is 0.167. The highest BCUT2D eigenvalue weighted by Gasteiger charge is 2.14. The van der Waals surface area contributed by atoms with Gasteiger partial charge >= 0.3 is 0 Å². The van der Waals surface area contributed by atoms with Crippen molar-refractivity contribution >= 4 is 11.7 Å². The van der Waals surface area contributed by atoms with Gasteiger partial charge in [0, 0.05) is 26.0 Å². The number of anilines is 1. The number of rotatable bonds is 4. The van der Waals surface area contributed by atoms with Crippen molar-refractivity contribution in [2.75, 3.05) is 12.5 Å². The topological polar surface area (TPSA) is 97.0 Å². The molecule has 0 radical (unpaired) electrons. The van der Waals surface area contributed by atoms with E-state index in [0.717, 1.165) is 5.56 Å². The third-order valence-corrected chi connectivity index (χ3v) is 2.52. The van der Waals surface area contributed by atoms with Gasteiger partial charge in [-0.3, -0.25) is 9.78 Å². The number of nitrogen functional groups attached to an aromatic ring is 1. The van der Waals surface area contributed by atoms with Crippen molar-refractivity contribution in [1.29, 1.82) is 0 Å². The van der Waals surface area contributed by atoms with Crippen molar-refractivity contribution in [2.24, 2.45) is 5.84 Å². The molecule has 3 N–H and O–H groups in total. The molecule has 7 heteroatoms. The van der Waals surface area contributed by atoms with Gasteiger partial charge in [0.1, 0.15) is 0 Å². The van der Waals surface area contributed by atoms with Gasteiger partial charge in [0.2, 0.25) is 0 Å². The first-order valence-electron chi connectivity index (χ1n) is 5.65. The summed E-state index contributed by atoms with van der Waals surface area (Å²) in [4.78, 5) is 17.7. The molecule has 2 aromatic rings. The summed E-state index contributed by atoms with van der Waals surface area (Å²) in [6, 6.07) is 6.90. The third-order valence-electron chi connectivity index (χ3n) is 2.52. The predicted molar refractivity (Wildman–Crippen MR) is 69.9 cm³/mol. The number of hydrazine groups is 1. The molecule has 0 aromatic carbocycles. The van der Waals surface area contributed by atoms with Crippen molar-refractivity contribution in [3.05, 3.63) is 47.9 Å². The quantitative estimate of drug-likeness (QED) is 0.609. The Kier molecular flexibility index (Phi) is 3.99. The lowest BCUT2D eigenvalue weighted by atomic mass is 10.2. The van der Waals surface area contributed by atoms with Crippen molar-refractivity contribution in [3.8, 4) is 0 Å². The highest BCUT2D eigenvalue weighted by molar-refractivity contribution is 5.92. The van der Waals surface area contributed by atoms with Gasteiger partial charge in [-0.05, 0) is 23.8 Å². The van der Waals surface area contributed by atoms with E-state index in [1.165, 1.54) is 0 Å². The van der Waals surface area contributed by atoms with Gasteiger partial charge in [0.05, 0.1) is 0 Å². The van der Waals surface area contributed by atoms with E-state index >= 15 is 0 Å². The average Bonchev–Trinajstić information content (AvgIpc) is 2.47. The van der Waals surface area contributed by atoms with Crippen molar-refractivity contribution < 1.29 is 4.79 Å². The van der Waals surface area contributed by atoms with Crippen molar-refractivity contribution in [3.63, 3.8) is 0 Å². The largest absolute Gasteiger partial charge is 0.336 e. The molecule has 19 heavy (non-hydrogen) atoms. The SMILES string of the molecule is CN(Cc1cccnc1)C(=O)c1ccc(NN)nn1. The molecule has 2 aromatic heterocycles. The molecule has 0 unspecified atom stereocenters. The minimum Gasteiger partial charge on any atom is -0.336 e. The molecule has 0 spiro atoms. The number of carbonyl (C=O) groups is 1. The first-order valence-corrected chi connectivity index (χ1v) is 5.65. The van der Waals surface area contributed by atoms with E-state index in [1.807, 2.05) is 12.1 Å². The van der Waals surface area contributed by atoms with Crippen molar-refractivity contribution in [2.45, 2.75) is 6.54 Å². The molecule has 98 valence electrons. The monoisotopic (exact) mass is 258 g/mol. The number of nitrogens with two attached hydrogens (primary N) is 1. The number of hydrogen-bond acceptors (Lipinski definition) is 6. The number of hydrogen-bond donors (Lipinski definition) is 2. The fourth-order valence-corrected chi connectivity index (χ4v) is 1.56. The molecule has 0 saturated heterocycles. The summed E-state index contributed by atoms with van der Waals surface area (Å²) in [6.45, 7) is 0.464. The summed E-state index contributed by atoms with van der Waals surface area (Å²) >= 11 is 0. The lowest BCUT2D eigenvalue weighted by molar-refractivity contribution is 0.0778. The number of nitrogens with one attached hydrogen (secondary N) is 1. The number of nitrogens with zero attached hydrogens (tertiary/aromatic N) is 4. The second-order valence-corrected chi connectivity index (χ2v) is 3.97. The molecule has 0 fully saturated rings.